The number of aromatic nitrogens is 2. The maximum Gasteiger partial charge on any atom is 0.222 e. The summed E-state index contributed by atoms with van der Waals surface area (Å²) in [6.45, 7) is 5.71. The summed E-state index contributed by atoms with van der Waals surface area (Å²) in [5.41, 5.74) is 3.46. The molecule has 2 fully saturated rings. The van der Waals surface area contributed by atoms with Gasteiger partial charge in [0, 0.05) is 49.1 Å². The largest absolute Gasteiger partial charge is 0.367 e. The minimum atomic E-state index is -0.688. The van der Waals surface area contributed by atoms with Gasteiger partial charge in [-0.25, -0.2) is 0 Å². The zero-order chi connectivity index (χ0) is 23.5. The van der Waals surface area contributed by atoms with Crippen LogP contribution in [0.5, 0.6) is 0 Å². The monoisotopic (exact) mass is 464 g/mol. The molecule has 2 saturated heterocycles. The van der Waals surface area contributed by atoms with Crippen molar-refractivity contribution in [2.45, 2.75) is 63.4 Å². The van der Waals surface area contributed by atoms with Gasteiger partial charge in [-0.2, -0.15) is 0 Å². The van der Waals surface area contributed by atoms with Gasteiger partial charge in [-0.05, 0) is 49.6 Å². The van der Waals surface area contributed by atoms with Gasteiger partial charge in [-0.3, -0.25) is 9.78 Å². The first kappa shape index (κ1) is 23.0. The molecule has 0 radical (unpaired) electrons. The van der Waals surface area contributed by atoms with Crippen LogP contribution in [0.25, 0.3) is 10.9 Å². The third kappa shape index (κ3) is 5.15. The van der Waals surface area contributed by atoms with Crippen LogP contribution in [0.15, 0.2) is 55.0 Å². The van der Waals surface area contributed by atoms with Gasteiger partial charge in [-0.15, -0.1) is 0 Å². The molecule has 5 rings (SSSR count). The molecule has 0 spiro atoms. The van der Waals surface area contributed by atoms with Crippen LogP contribution >= 0.6 is 0 Å². The third-order valence-electron chi connectivity index (χ3n) is 6.45. The Morgan fingerprint density at radius 1 is 1.09 bits per heavy atom. The van der Waals surface area contributed by atoms with Crippen LogP contribution in [0, 0.1) is 0 Å². The molecule has 0 aliphatic carbocycles. The predicted octanol–water partition coefficient (Wildman–Crippen LogP) is 2.69. The second-order valence-electron chi connectivity index (χ2n) is 9.43. The highest BCUT2D eigenvalue weighted by atomic mass is 16.8. The lowest BCUT2D eigenvalue weighted by Crippen LogP contribution is -2.37. The maximum atomic E-state index is 12.7. The van der Waals surface area contributed by atoms with Crippen molar-refractivity contribution in [3.05, 3.63) is 66.1 Å². The van der Waals surface area contributed by atoms with Crippen molar-refractivity contribution in [2.24, 2.45) is 0 Å². The van der Waals surface area contributed by atoms with Crippen LogP contribution in [0.1, 0.15) is 31.4 Å². The minimum absolute atomic E-state index is 0.0395. The molecule has 3 N–H and O–H groups in total. The summed E-state index contributed by atoms with van der Waals surface area (Å²) >= 11 is 0. The molecule has 2 aromatic heterocycles. The number of nitrogens with one attached hydrogen (secondary N) is 3. The smallest absolute Gasteiger partial charge is 0.222 e. The molecule has 3 aromatic rings. The summed E-state index contributed by atoms with van der Waals surface area (Å²) in [6, 6.07) is 12.1. The summed E-state index contributed by atoms with van der Waals surface area (Å²) in [6.07, 6.45) is 5.59. The second-order valence-corrected chi connectivity index (χ2v) is 9.43. The lowest BCUT2D eigenvalue weighted by molar-refractivity contribution is -0.187. The zero-order valence-corrected chi connectivity index (χ0v) is 19.6. The first-order valence-corrected chi connectivity index (χ1v) is 11.9. The highest BCUT2D eigenvalue weighted by Gasteiger charge is 2.55. The Morgan fingerprint density at radius 3 is 2.68 bits per heavy atom. The van der Waals surface area contributed by atoms with Crippen LogP contribution in [0.3, 0.4) is 0 Å². The number of amides is 1. The Kier molecular flexibility index (Phi) is 6.65. The highest BCUT2D eigenvalue weighted by Crippen LogP contribution is 2.39. The number of benzene rings is 1. The first-order chi connectivity index (χ1) is 16.5. The van der Waals surface area contributed by atoms with Crippen molar-refractivity contribution in [3.8, 4) is 0 Å². The summed E-state index contributed by atoms with van der Waals surface area (Å²) in [7, 11) is 0. The molecule has 0 bridgehead atoms. The number of para-hydroxylation sites is 1. The number of carbonyl (C=O) groups excluding carboxylic acids is 1. The Labute approximate surface area is 199 Å². The van der Waals surface area contributed by atoms with E-state index in [1.54, 1.807) is 12.4 Å². The van der Waals surface area contributed by atoms with Gasteiger partial charge in [0.25, 0.3) is 0 Å². The quantitative estimate of drug-likeness (QED) is 0.451. The molecule has 8 nitrogen and oxygen atoms in total. The van der Waals surface area contributed by atoms with Crippen molar-refractivity contribution in [1.29, 1.82) is 0 Å². The van der Waals surface area contributed by atoms with Gasteiger partial charge >= 0.3 is 0 Å². The average molecular weight is 465 g/mol. The molecule has 2 aliphatic heterocycles. The fourth-order valence-electron chi connectivity index (χ4n) is 4.89. The molecular weight excluding hydrogens is 432 g/mol. The van der Waals surface area contributed by atoms with Crippen molar-refractivity contribution in [2.75, 3.05) is 13.1 Å². The molecule has 1 amide bonds. The van der Waals surface area contributed by atoms with E-state index in [4.69, 9.17) is 14.2 Å². The van der Waals surface area contributed by atoms with Crippen molar-refractivity contribution >= 4 is 16.8 Å². The summed E-state index contributed by atoms with van der Waals surface area (Å²) in [5.74, 6) is -0.728. The van der Waals surface area contributed by atoms with Crippen molar-refractivity contribution in [3.63, 3.8) is 0 Å². The fourth-order valence-corrected chi connectivity index (χ4v) is 4.89. The van der Waals surface area contributed by atoms with Crippen LogP contribution in [0.2, 0.25) is 0 Å². The van der Waals surface area contributed by atoms with Crippen LogP contribution in [-0.2, 0) is 32.0 Å². The number of carbonyl (C=O) groups is 1. The first-order valence-electron chi connectivity index (χ1n) is 11.9. The number of H-pyrrole nitrogens is 1. The maximum absolute atomic E-state index is 12.7. The number of rotatable bonds is 9. The summed E-state index contributed by atoms with van der Waals surface area (Å²) in [4.78, 5) is 20.1. The molecular formula is C26H32N4O4. The normalized spacial score (nSPS) is 25.5. The van der Waals surface area contributed by atoms with Gasteiger partial charge in [0.15, 0.2) is 5.79 Å². The van der Waals surface area contributed by atoms with Crippen LogP contribution in [0.4, 0.5) is 0 Å². The van der Waals surface area contributed by atoms with Crippen LogP contribution < -0.4 is 10.6 Å². The molecule has 2 aliphatic rings. The molecule has 0 unspecified atom stereocenters. The highest BCUT2D eigenvalue weighted by molar-refractivity contribution is 5.83. The molecule has 4 heterocycles. The molecule has 1 aromatic carbocycles. The molecule has 8 heteroatoms. The van der Waals surface area contributed by atoms with Gasteiger partial charge in [0.05, 0.1) is 18.6 Å². The van der Waals surface area contributed by atoms with Gasteiger partial charge in [0.2, 0.25) is 5.91 Å². The Morgan fingerprint density at radius 2 is 1.85 bits per heavy atom. The Balaban J connectivity index is 1.13. The average Bonchev–Trinajstić information content (AvgIpc) is 3.47. The molecule has 180 valence electrons. The van der Waals surface area contributed by atoms with E-state index in [0.717, 1.165) is 17.5 Å². The SMILES string of the molecule is CC1(C)O[C@@H]2[C@H](O1)[C@H](CNCc1ccncc1)O[C@@H]2CC(=O)NCCc1c[nH]c2ccccc12. The number of hydrogen-bond donors (Lipinski definition) is 3. The van der Waals surface area contributed by atoms with Gasteiger partial charge in [-0.1, -0.05) is 18.2 Å². The van der Waals surface area contributed by atoms with E-state index in [1.807, 2.05) is 44.3 Å². The van der Waals surface area contributed by atoms with E-state index >= 15 is 0 Å². The number of pyridine rings is 1. The second kappa shape index (κ2) is 9.84. The van der Waals surface area contributed by atoms with Crippen molar-refractivity contribution in [1.82, 2.24) is 20.6 Å². The Bertz CT molecular complexity index is 1120. The lowest BCUT2D eigenvalue weighted by Gasteiger charge is -2.24. The summed E-state index contributed by atoms with van der Waals surface area (Å²) < 4.78 is 18.5. The van der Waals surface area contributed by atoms with E-state index in [1.165, 1.54) is 10.9 Å². The van der Waals surface area contributed by atoms with Crippen molar-refractivity contribution < 1.29 is 19.0 Å². The molecule has 0 saturated carbocycles. The van der Waals surface area contributed by atoms with E-state index < -0.39 is 5.79 Å². The topological polar surface area (TPSA) is 97.5 Å². The lowest BCUT2D eigenvalue weighted by atomic mass is 10.1. The number of nitrogens with zero attached hydrogens (tertiary/aromatic N) is 1. The van der Waals surface area contributed by atoms with E-state index in [2.05, 4.69) is 32.7 Å². The number of hydrogen-bond acceptors (Lipinski definition) is 6. The molecule has 4 atom stereocenters. The van der Waals surface area contributed by atoms with E-state index in [9.17, 15) is 4.79 Å². The number of ether oxygens (including phenoxy) is 3. The summed E-state index contributed by atoms with van der Waals surface area (Å²) in [5, 5.41) is 7.67. The van der Waals surface area contributed by atoms with E-state index in [-0.39, 0.29) is 36.7 Å². The fraction of sp³-hybridized carbons (Fsp3) is 0.462. The number of aromatic amines is 1. The molecule has 34 heavy (non-hydrogen) atoms. The van der Waals surface area contributed by atoms with E-state index in [0.29, 0.717) is 19.6 Å². The zero-order valence-electron chi connectivity index (χ0n) is 19.6. The van der Waals surface area contributed by atoms with Crippen LogP contribution in [-0.4, -0.2) is 59.2 Å². The van der Waals surface area contributed by atoms with Gasteiger partial charge < -0.3 is 29.8 Å². The predicted molar refractivity (Wildman–Crippen MR) is 128 cm³/mol. The van der Waals surface area contributed by atoms with Gasteiger partial charge in [0.1, 0.15) is 12.2 Å². The third-order valence-corrected chi connectivity index (χ3v) is 6.45. The Hall–Kier alpha value is -2.78. The minimum Gasteiger partial charge on any atom is -0.367 e. The number of fused-ring (bicyclic) bond motifs is 2. The standard InChI is InChI=1S/C26H32N4O4/c1-26(2)33-24-21(32-22(25(24)34-26)16-28-14-17-7-10-27-11-8-17)13-23(31)29-12-9-18-15-30-20-6-4-3-5-19(18)20/h3-8,10-11,15,21-22,24-25,28,30H,9,12-14,16H2,1-2H3,(H,29,31)/t21-,22+,24+,25-/m1/s1.